The Bertz CT molecular complexity index is 1190. The first kappa shape index (κ1) is 16.0. The number of rotatable bonds is 3. The first-order chi connectivity index (χ1) is 12.6. The zero-order valence-corrected chi connectivity index (χ0v) is 14.4. The summed E-state index contributed by atoms with van der Waals surface area (Å²) in [7, 11) is 1.65. The molecule has 0 saturated carbocycles. The number of aromatic nitrogens is 4. The fourth-order valence-electron chi connectivity index (χ4n) is 3.14. The van der Waals surface area contributed by atoms with Gasteiger partial charge in [-0.05, 0) is 30.7 Å². The Kier molecular flexibility index (Phi) is 3.76. The maximum absolute atomic E-state index is 12.9. The summed E-state index contributed by atoms with van der Waals surface area (Å²) in [6.45, 7) is 2.04. The van der Waals surface area contributed by atoms with E-state index in [1.54, 1.807) is 14.0 Å². The highest BCUT2D eigenvalue weighted by atomic mass is 16.2. The number of aromatic amines is 1. The van der Waals surface area contributed by atoms with Gasteiger partial charge in [0.1, 0.15) is 5.56 Å². The third kappa shape index (κ3) is 2.54. The molecule has 0 aliphatic rings. The van der Waals surface area contributed by atoms with Gasteiger partial charge < -0.3 is 9.88 Å². The molecule has 1 N–H and O–H groups in total. The molecule has 0 saturated heterocycles. The highest BCUT2D eigenvalue weighted by Crippen LogP contribution is 2.18. The minimum Gasteiger partial charge on any atom is -0.334 e. The smallest absolute Gasteiger partial charge is 0.261 e. The first-order valence-electron chi connectivity index (χ1n) is 8.22. The van der Waals surface area contributed by atoms with Crippen molar-refractivity contribution in [3.8, 4) is 0 Å². The number of nitrogens with zero attached hydrogens (tertiary/aromatic N) is 4. The largest absolute Gasteiger partial charge is 0.334 e. The van der Waals surface area contributed by atoms with Crippen molar-refractivity contribution in [1.82, 2.24) is 24.5 Å². The molecule has 4 rings (SSSR count). The molecule has 0 unspecified atom stereocenters. The predicted octanol–water partition coefficient (Wildman–Crippen LogP) is 2.15. The van der Waals surface area contributed by atoms with Crippen molar-refractivity contribution in [3.05, 3.63) is 76.0 Å². The number of carbonyl (C=O) groups is 1. The Hall–Kier alpha value is -3.48. The van der Waals surface area contributed by atoms with Crippen LogP contribution in [-0.2, 0) is 6.54 Å². The van der Waals surface area contributed by atoms with E-state index >= 15 is 0 Å². The number of nitrogens with one attached hydrogen (secondary N) is 1. The lowest BCUT2D eigenvalue weighted by atomic mass is 10.0. The van der Waals surface area contributed by atoms with Gasteiger partial charge in [-0.3, -0.25) is 14.0 Å². The highest BCUT2D eigenvalue weighted by Gasteiger charge is 2.21. The first-order valence-corrected chi connectivity index (χ1v) is 8.22. The fourth-order valence-corrected chi connectivity index (χ4v) is 3.14. The molecule has 0 aliphatic heterocycles. The van der Waals surface area contributed by atoms with Crippen LogP contribution in [0.2, 0.25) is 0 Å². The Balaban J connectivity index is 1.71. The summed E-state index contributed by atoms with van der Waals surface area (Å²) in [5, 5.41) is 9.08. The molecule has 0 bridgehead atoms. The van der Waals surface area contributed by atoms with Crippen LogP contribution in [0.3, 0.4) is 0 Å². The Morgan fingerprint density at radius 1 is 1.15 bits per heavy atom. The van der Waals surface area contributed by atoms with Crippen molar-refractivity contribution in [3.63, 3.8) is 0 Å². The molecule has 3 aromatic heterocycles. The van der Waals surface area contributed by atoms with Gasteiger partial charge in [0.05, 0.1) is 6.54 Å². The molecule has 1 aromatic carbocycles. The molecule has 4 aromatic rings. The van der Waals surface area contributed by atoms with Crippen LogP contribution in [0.1, 0.15) is 21.7 Å². The number of H-pyrrole nitrogens is 1. The summed E-state index contributed by atoms with van der Waals surface area (Å²) in [5.41, 5.74) is 1.87. The summed E-state index contributed by atoms with van der Waals surface area (Å²) < 4.78 is 1.82. The van der Waals surface area contributed by atoms with Crippen molar-refractivity contribution >= 4 is 22.5 Å². The maximum Gasteiger partial charge on any atom is 0.261 e. The monoisotopic (exact) mass is 347 g/mol. The Morgan fingerprint density at radius 3 is 2.77 bits per heavy atom. The van der Waals surface area contributed by atoms with Gasteiger partial charge in [0.15, 0.2) is 11.5 Å². The molecule has 0 atom stereocenters. The number of benzene rings is 1. The van der Waals surface area contributed by atoms with Crippen molar-refractivity contribution in [2.45, 2.75) is 13.5 Å². The highest BCUT2D eigenvalue weighted by molar-refractivity contribution is 5.99. The van der Waals surface area contributed by atoms with E-state index < -0.39 is 0 Å². The molecule has 0 aliphatic carbocycles. The van der Waals surface area contributed by atoms with E-state index in [2.05, 4.69) is 15.2 Å². The normalized spacial score (nSPS) is 11.2. The fraction of sp³-hybridized carbons (Fsp3) is 0.158. The lowest BCUT2D eigenvalue weighted by Gasteiger charge is -2.17. The summed E-state index contributed by atoms with van der Waals surface area (Å²) in [4.78, 5) is 29.7. The average Bonchev–Trinajstić information content (AvgIpc) is 3.04. The van der Waals surface area contributed by atoms with Gasteiger partial charge >= 0.3 is 0 Å². The van der Waals surface area contributed by atoms with Crippen molar-refractivity contribution in [2.24, 2.45) is 0 Å². The van der Waals surface area contributed by atoms with Crippen LogP contribution in [-0.4, -0.2) is 37.4 Å². The number of para-hydroxylation sites is 1. The topological polar surface area (TPSA) is 83.4 Å². The summed E-state index contributed by atoms with van der Waals surface area (Å²) in [6.07, 6.45) is 1.84. The minimum absolute atomic E-state index is 0.153. The van der Waals surface area contributed by atoms with Gasteiger partial charge in [0.25, 0.3) is 11.5 Å². The number of fused-ring (bicyclic) bond motifs is 2. The number of aryl methyl sites for hydroxylation is 1. The van der Waals surface area contributed by atoms with Crippen LogP contribution < -0.4 is 5.56 Å². The maximum atomic E-state index is 12.9. The van der Waals surface area contributed by atoms with Crippen molar-refractivity contribution in [1.29, 1.82) is 0 Å². The zero-order chi connectivity index (χ0) is 18.3. The number of amides is 1. The van der Waals surface area contributed by atoms with Crippen LogP contribution in [0.25, 0.3) is 16.6 Å². The lowest BCUT2D eigenvalue weighted by Crippen LogP contribution is -2.33. The van der Waals surface area contributed by atoms with E-state index in [-0.39, 0.29) is 23.6 Å². The SMILES string of the molecule is Cc1c(C(=O)N(C)Cc2nnc3ccccn23)c(=O)[nH]c2ccccc12. The van der Waals surface area contributed by atoms with E-state index in [0.717, 1.165) is 10.9 Å². The minimum atomic E-state index is -0.385. The van der Waals surface area contributed by atoms with Gasteiger partial charge in [0, 0.05) is 24.1 Å². The second-order valence-corrected chi connectivity index (χ2v) is 6.21. The second-order valence-electron chi connectivity index (χ2n) is 6.21. The molecule has 0 radical (unpaired) electrons. The standard InChI is InChI=1S/C19H17N5O2/c1-12-13-7-3-4-8-14(13)20-18(25)17(12)19(26)23(2)11-16-22-21-15-9-5-6-10-24(15)16/h3-10H,11H2,1-2H3,(H,20,25). The van der Waals surface area contributed by atoms with Gasteiger partial charge in [-0.1, -0.05) is 24.3 Å². The quantitative estimate of drug-likeness (QED) is 0.615. The van der Waals surface area contributed by atoms with E-state index in [0.29, 0.717) is 17.0 Å². The Labute approximate surface area is 148 Å². The second kappa shape index (κ2) is 6.11. The third-order valence-electron chi connectivity index (χ3n) is 4.50. The number of pyridine rings is 2. The van der Waals surface area contributed by atoms with Gasteiger partial charge in [0.2, 0.25) is 0 Å². The van der Waals surface area contributed by atoms with E-state index in [1.165, 1.54) is 4.90 Å². The van der Waals surface area contributed by atoms with Crippen molar-refractivity contribution in [2.75, 3.05) is 7.05 Å². The van der Waals surface area contributed by atoms with E-state index in [9.17, 15) is 9.59 Å². The van der Waals surface area contributed by atoms with Crippen LogP contribution in [0, 0.1) is 6.92 Å². The zero-order valence-electron chi connectivity index (χ0n) is 14.4. The number of hydrogen-bond acceptors (Lipinski definition) is 4. The van der Waals surface area contributed by atoms with Gasteiger partial charge in [-0.2, -0.15) is 0 Å². The van der Waals surface area contributed by atoms with E-state index in [4.69, 9.17) is 0 Å². The average molecular weight is 347 g/mol. The molecular weight excluding hydrogens is 330 g/mol. The van der Waals surface area contributed by atoms with Gasteiger partial charge in [-0.15, -0.1) is 10.2 Å². The summed E-state index contributed by atoms with van der Waals surface area (Å²) >= 11 is 0. The van der Waals surface area contributed by atoms with Crippen LogP contribution in [0.15, 0.2) is 53.5 Å². The molecule has 0 spiro atoms. The number of hydrogen-bond donors (Lipinski definition) is 1. The molecular formula is C19H17N5O2. The number of carbonyl (C=O) groups excluding carboxylic acids is 1. The van der Waals surface area contributed by atoms with Crippen LogP contribution in [0.5, 0.6) is 0 Å². The predicted molar refractivity (Wildman–Crippen MR) is 98.1 cm³/mol. The summed E-state index contributed by atoms with van der Waals surface area (Å²) in [5.74, 6) is 0.286. The lowest BCUT2D eigenvalue weighted by molar-refractivity contribution is 0.0779. The molecule has 130 valence electrons. The molecule has 26 heavy (non-hydrogen) atoms. The molecule has 7 heteroatoms. The molecule has 0 fully saturated rings. The van der Waals surface area contributed by atoms with Crippen molar-refractivity contribution < 1.29 is 4.79 Å². The molecule has 7 nitrogen and oxygen atoms in total. The molecule has 3 heterocycles. The van der Waals surface area contributed by atoms with Crippen LogP contribution >= 0.6 is 0 Å². The van der Waals surface area contributed by atoms with E-state index in [1.807, 2.05) is 53.1 Å². The van der Waals surface area contributed by atoms with Crippen LogP contribution in [0.4, 0.5) is 0 Å². The Morgan fingerprint density at radius 2 is 1.92 bits per heavy atom. The third-order valence-corrected chi connectivity index (χ3v) is 4.50. The van der Waals surface area contributed by atoms with Gasteiger partial charge in [-0.25, -0.2) is 0 Å². The summed E-state index contributed by atoms with van der Waals surface area (Å²) in [6, 6.07) is 13.0. The molecule has 1 amide bonds.